The standard InChI is InChI=1S/C12H21NO6/c1-6(2)11(17)13-4-5-18-12-10(16)9(15)8(14)7(3)19-12/h7-10,12,14-16H,1,4-5H2,2-3H3,(H,13,17)/t7-,8+,9+,10-,12+/m0/s1. The van der Waals surface area contributed by atoms with Crippen LogP contribution < -0.4 is 5.32 Å². The van der Waals surface area contributed by atoms with Crippen molar-refractivity contribution in [1.82, 2.24) is 5.32 Å². The van der Waals surface area contributed by atoms with Gasteiger partial charge in [0.25, 0.3) is 0 Å². The first kappa shape index (κ1) is 16.1. The highest BCUT2D eigenvalue weighted by Gasteiger charge is 2.42. The van der Waals surface area contributed by atoms with Gasteiger partial charge in [-0.05, 0) is 13.8 Å². The van der Waals surface area contributed by atoms with E-state index in [1.165, 1.54) is 0 Å². The topological polar surface area (TPSA) is 108 Å². The summed E-state index contributed by atoms with van der Waals surface area (Å²) in [6, 6.07) is 0. The lowest BCUT2D eigenvalue weighted by molar-refractivity contribution is -0.292. The molecule has 7 heteroatoms. The lowest BCUT2D eigenvalue weighted by atomic mass is 10.0. The summed E-state index contributed by atoms with van der Waals surface area (Å²) >= 11 is 0. The normalized spacial score (nSPS) is 34.9. The maximum absolute atomic E-state index is 11.2. The Kier molecular flexibility index (Phi) is 5.89. The summed E-state index contributed by atoms with van der Waals surface area (Å²) in [5.41, 5.74) is 0.390. The number of rotatable bonds is 5. The van der Waals surface area contributed by atoms with Crippen LogP contribution in [-0.4, -0.2) is 65.1 Å². The fraction of sp³-hybridized carbons (Fsp3) is 0.750. The van der Waals surface area contributed by atoms with Crippen LogP contribution in [0.15, 0.2) is 12.2 Å². The molecule has 19 heavy (non-hydrogen) atoms. The molecule has 0 bridgehead atoms. The van der Waals surface area contributed by atoms with Gasteiger partial charge in [-0.25, -0.2) is 0 Å². The molecule has 1 heterocycles. The van der Waals surface area contributed by atoms with Crippen LogP contribution in [0.5, 0.6) is 0 Å². The van der Waals surface area contributed by atoms with E-state index in [0.717, 1.165) is 0 Å². The minimum absolute atomic E-state index is 0.107. The molecule has 1 aliphatic heterocycles. The Morgan fingerprint density at radius 1 is 1.32 bits per heavy atom. The molecule has 4 N–H and O–H groups in total. The van der Waals surface area contributed by atoms with Crippen LogP contribution in [-0.2, 0) is 14.3 Å². The zero-order chi connectivity index (χ0) is 14.6. The van der Waals surface area contributed by atoms with E-state index in [1.54, 1.807) is 13.8 Å². The molecule has 0 unspecified atom stereocenters. The van der Waals surface area contributed by atoms with Gasteiger partial charge in [-0.3, -0.25) is 4.79 Å². The van der Waals surface area contributed by atoms with Crippen molar-refractivity contribution in [2.45, 2.75) is 44.6 Å². The third-order valence-electron chi connectivity index (χ3n) is 2.87. The molecule has 0 saturated carbocycles. The molecule has 0 radical (unpaired) electrons. The number of hydrogen-bond donors (Lipinski definition) is 4. The third kappa shape index (κ3) is 4.26. The predicted molar refractivity (Wildman–Crippen MR) is 66.1 cm³/mol. The van der Waals surface area contributed by atoms with Gasteiger partial charge in [-0.2, -0.15) is 0 Å². The Bertz CT molecular complexity index is 334. The molecule has 1 amide bonds. The van der Waals surface area contributed by atoms with Gasteiger partial charge in [0.1, 0.15) is 18.3 Å². The van der Waals surface area contributed by atoms with Gasteiger partial charge < -0.3 is 30.1 Å². The van der Waals surface area contributed by atoms with Crippen molar-refractivity contribution in [1.29, 1.82) is 0 Å². The highest BCUT2D eigenvalue weighted by molar-refractivity contribution is 5.91. The van der Waals surface area contributed by atoms with Crippen molar-refractivity contribution in [3.63, 3.8) is 0 Å². The first-order valence-corrected chi connectivity index (χ1v) is 6.09. The highest BCUT2D eigenvalue weighted by Crippen LogP contribution is 2.21. The molecular formula is C12H21NO6. The summed E-state index contributed by atoms with van der Waals surface area (Å²) in [6.07, 6.45) is -5.48. The van der Waals surface area contributed by atoms with Crippen LogP contribution in [0.3, 0.4) is 0 Å². The molecule has 110 valence electrons. The molecular weight excluding hydrogens is 254 g/mol. The first-order chi connectivity index (χ1) is 8.84. The Balaban J connectivity index is 2.33. The van der Waals surface area contributed by atoms with Crippen LogP contribution >= 0.6 is 0 Å². The number of nitrogens with one attached hydrogen (secondary N) is 1. The van der Waals surface area contributed by atoms with Crippen LogP contribution in [0.1, 0.15) is 13.8 Å². The van der Waals surface area contributed by atoms with Crippen molar-refractivity contribution in [3.05, 3.63) is 12.2 Å². The fourth-order valence-electron chi connectivity index (χ4n) is 1.64. The van der Waals surface area contributed by atoms with Crippen LogP contribution in [0.25, 0.3) is 0 Å². The van der Waals surface area contributed by atoms with Crippen LogP contribution in [0.4, 0.5) is 0 Å². The Hall–Kier alpha value is -0.990. The van der Waals surface area contributed by atoms with E-state index in [0.29, 0.717) is 5.57 Å². The van der Waals surface area contributed by atoms with Crippen LogP contribution in [0, 0.1) is 0 Å². The quantitative estimate of drug-likeness (QED) is 0.360. The van der Waals surface area contributed by atoms with E-state index in [4.69, 9.17) is 9.47 Å². The van der Waals surface area contributed by atoms with E-state index in [-0.39, 0.29) is 19.1 Å². The molecule has 1 aliphatic rings. The van der Waals surface area contributed by atoms with Gasteiger partial charge in [0.05, 0.1) is 12.7 Å². The molecule has 7 nitrogen and oxygen atoms in total. The smallest absolute Gasteiger partial charge is 0.246 e. The fourth-order valence-corrected chi connectivity index (χ4v) is 1.64. The lowest BCUT2D eigenvalue weighted by Crippen LogP contribution is -2.57. The SMILES string of the molecule is C=C(C)C(=O)NCCO[C@@H]1O[C@@H](C)[C@@H](O)[C@@H](O)[C@@H]1O. The molecule has 1 rings (SSSR count). The average molecular weight is 275 g/mol. The number of hydrogen-bond acceptors (Lipinski definition) is 6. The maximum atomic E-state index is 11.2. The van der Waals surface area contributed by atoms with Gasteiger partial charge >= 0.3 is 0 Å². The summed E-state index contributed by atoms with van der Waals surface area (Å²) in [4.78, 5) is 11.2. The number of ether oxygens (including phenoxy) is 2. The van der Waals surface area contributed by atoms with E-state index < -0.39 is 30.7 Å². The molecule has 0 spiro atoms. The molecule has 1 saturated heterocycles. The summed E-state index contributed by atoms with van der Waals surface area (Å²) in [7, 11) is 0. The average Bonchev–Trinajstić information content (AvgIpc) is 2.37. The molecule has 0 aromatic carbocycles. The van der Waals surface area contributed by atoms with Crippen molar-refractivity contribution in [2.75, 3.05) is 13.2 Å². The number of aliphatic hydroxyl groups is 3. The second-order valence-electron chi connectivity index (χ2n) is 4.59. The van der Waals surface area contributed by atoms with Crippen molar-refractivity contribution in [2.24, 2.45) is 0 Å². The van der Waals surface area contributed by atoms with Crippen molar-refractivity contribution >= 4 is 5.91 Å². The first-order valence-electron chi connectivity index (χ1n) is 6.09. The number of aliphatic hydroxyl groups excluding tert-OH is 3. The van der Waals surface area contributed by atoms with Gasteiger partial charge in [0.2, 0.25) is 5.91 Å². The Morgan fingerprint density at radius 3 is 2.53 bits per heavy atom. The Labute approximate surface area is 111 Å². The van der Waals surface area contributed by atoms with E-state index >= 15 is 0 Å². The molecule has 0 aromatic rings. The number of carbonyl (C=O) groups is 1. The summed E-state index contributed by atoms with van der Waals surface area (Å²) in [5.74, 6) is -0.280. The third-order valence-corrected chi connectivity index (χ3v) is 2.87. The Morgan fingerprint density at radius 2 is 1.95 bits per heavy atom. The lowest BCUT2D eigenvalue weighted by Gasteiger charge is -2.38. The van der Waals surface area contributed by atoms with Crippen LogP contribution in [0.2, 0.25) is 0 Å². The summed E-state index contributed by atoms with van der Waals surface area (Å²) in [5, 5.41) is 31.3. The zero-order valence-electron chi connectivity index (χ0n) is 11.1. The minimum Gasteiger partial charge on any atom is -0.388 e. The number of carbonyl (C=O) groups excluding carboxylic acids is 1. The van der Waals surface area contributed by atoms with Crippen molar-refractivity contribution in [3.8, 4) is 0 Å². The molecule has 5 atom stereocenters. The second kappa shape index (κ2) is 6.97. The largest absolute Gasteiger partial charge is 0.388 e. The summed E-state index contributed by atoms with van der Waals surface area (Å²) in [6.45, 7) is 6.98. The number of amides is 1. The van der Waals surface area contributed by atoms with E-state index in [2.05, 4.69) is 11.9 Å². The second-order valence-corrected chi connectivity index (χ2v) is 4.59. The molecule has 1 fully saturated rings. The molecule has 0 aliphatic carbocycles. The van der Waals surface area contributed by atoms with Gasteiger partial charge in [-0.15, -0.1) is 0 Å². The maximum Gasteiger partial charge on any atom is 0.246 e. The van der Waals surface area contributed by atoms with E-state index in [9.17, 15) is 20.1 Å². The monoisotopic (exact) mass is 275 g/mol. The zero-order valence-corrected chi connectivity index (χ0v) is 11.1. The molecule has 0 aromatic heterocycles. The van der Waals surface area contributed by atoms with Gasteiger partial charge in [-0.1, -0.05) is 6.58 Å². The minimum atomic E-state index is -1.33. The van der Waals surface area contributed by atoms with E-state index in [1.807, 2.05) is 0 Å². The summed E-state index contributed by atoms with van der Waals surface area (Å²) < 4.78 is 10.5. The van der Waals surface area contributed by atoms with Gasteiger partial charge in [0, 0.05) is 12.1 Å². The van der Waals surface area contributed by atoms with Gasteiger partial charge in [0.15, 0.2) is 6.29 Å². The predicted octanol–water partition coefficient (Wildman–Crippen LogP) is -1.48. The highest BCUT2D eigenvalue weighted by atomic mass is 16.7. The van der Waals surface area contributed by atoms with Crippen molar-refractivity contribution < 1.29 is 29.6 Å².